The largest absolute Gasteiger partial charge is 0.435 e. The van der Waals surface area contributed by atoms with E-state index in [9.17, 15) is 8.78 Å². The van der Waals surface area contributed by atoms with E-state index < -0.39 is 6.61 Å². The van der Waals surface area contributed by atoms with Gasteiger partial charge < -0.3 is 24.8 Å². The number of aliphatic imine (C=N–C) groups is 1. The van der Waals surface area contributed by atoms with E-state index in [-0.39, 0.29) is 35.8 Å². The van der Waals surface area contributed by atoms with Crippen LogP contribution in [0.25, 0.3) is 0 Å². The summed E-state index contributed by atoms with van der Waals surface area (Å²) in [6.45, 7) is 3.13. The van der Waals surface area contributed by atoms with Gasteiger partial charge in [-0.3, -0.25) is 0 Å². The van der Waals surface area contributed by atoms with Gasteiger partial charge in [-0.2, -0.15) is 8.78 Å². The summed E-state index contributed by atoms with van der Waals surface area (Å²) in [6, 6.07) is 6.56. The Labute approximate surface area is 176 Å². The normalized spacial score (nSPS) is 16.9. The van der Waals surface area contributed by atoms with Crippen LogP contribution in [-0.2, 0) is 16.0 Å². The first kappa shape index (κ1) is 23.8. The lowest BCUT2D eigenvalue weighted by atomic mass is 10.2. The van der Waals surface area contributed by atoms with Crippen molar-refractivity contribution < 1.29 is 23.0 Å². The average Bonchev–Trinajstić information content (AvgIpc) is 3.12. The van der Waals surface area contributed by atoms with Crippen molar-refractivity contribution in [3.63, 3.8) is 0 Å². The number of hydrogen-bond donors (Lipinski definition) is 2. The minimum Gasteiger partial charge on any atom is -0.435 e. The Balaban J connectivity index is 0.00000364. The summed E-state index contributed by atoms with van der Waals surface area (Å²) in [5, 5.41) is 6.40. The van der Waals surface area contributed by atoms with Crippen molar-refractivity contribution in [3.8, 4) is 5.75 Å². The molecular formula is C18H28F2IN3O3. The van der Waals surface area contributed by atoms with Gasteiger partial charge in [0.2, 0.25) is 0 Å². The van der Waals surface area contributed by atoms with Gasteiger partial charge in [0.1, 0.15) is 5.75 Å². The average molecular weight is 499 g/mol. The van der Waals surface area contributed by atoms with Crippen molar-refractivity contribution in [2.45, 2.75) is 39.0 Å². The molecule has 1 aromatic rings. The number of benzene rings is 1. The fourth-order valence-electron chi connectivity index (χ4n) is 2.51. The first-order chi connectivity index (χ1) is 12.7. The Bertz CT molecular complexity index is 558. The lowest BCUT2D eigenvalue weighted by Gasteiger charge is -2.13. The summed E-state index contributed by atoms with van der Waals surface area (Å²) in [4.78, 5) is 4.47. The maximum atomic E-state index is 12.3. The van der Waals surface area contributed by atoms with Crippen LogP contribution in [0.15, 0.2) is 29.3 Å². The smallest absolute Gasteiger partial charge is 0.387 e. The van der Waals surface area contributed by atoms with Gasteiger partial charge in [-0.1, -0.05) is 12.1 Å². The highest BCUT2D eigenvalue weighted by atomic mass is 127. The molecule has 0 radical (unpaired) electrons. The molecule has 0 bridgehead atoms. The van der Waals surface area contributed by atoms with Crippen LogP contribution in [0.4, 0.5) is 8.78 Å². The van der Waals surface area contributed by atoms with E-state index in [1.807, 2.05) is 13.0 Å². The summed E-state index contributed by atoms with van der Waals surface area (Å²) in [5.74, 6) is 0.815. The SMILES string of the molecule is CCNC(=NCc1cccc(OC(F)F)c1)NCCCOC1CCOC1.I. The molecule has 27 heavy (non-hydrogen) atoms. The fourth-order valence-corrected chi connectivity index (χ4v) is 2.51. The molecule has 2 N–H and O–H groups in total. The molecule has 1 saturated heterocycles. The number of hydrogen-bond acceptors (Lipinski definition) is 4. The molecule has 0 amide bonds. The number of rotatable bonds is 10. The van der Waals surface area contributed by atoms with Crippen LogP contribution in [0.2, 0.25) is 0 Å². The first-order valence-corrected chi connectivity index (χ1v) is 8.92. The number of nitrogens with one attached hydrogen (secondary N) is 2. The number of halogens is 3. The Hall–Kier alpha value is -1.20. The standard InChI is InChI=1S/C18H27F2N3O3.HI/c1-2-21-18(22-8-4-9-25-16-7-10-24-13-16)23-12-14-5-3-6-15(11-14)26-17(19)20;/h3,5-6,11,16-17H,2,4,7-10,12-13H2,1H3,(H2,21,22,23);1H. The van der Waals surface area contributed by atoms with Crippen molar-refractivity contribution >= 4 is 29.9 Å². The van der Waals surface area contributed by atoms with Gasteiger partial charge in [0.15, 0.2) is 5.96 Å². The summed E-state index contributed by atoms with van der Waals surface area (Å²) < 4.78 is 40.0. The molecule has 1 aliphatic rings. The Morgan fingerprint density at radius 1 is 1.37 bits per heavy atom. The van der Waals surface area contributed by atoms with E-state index in [0.29, 0.717) is 25.7 Å². The molecule has 6 nitrogen and oxygen atoms in total. The predicted molar refractivity (Wildman–Crippen MR) is 111 cm³/mol. The Morgan fingerprint density at radius 3 is 2.93 bits per heavy atom. The van der Waals surface area contributed by atoms with Crippen LogP contribution in [0.3, 0.4) is 0 Å². The monoisotopic (exact) mass is 499 g/mol. The molecule has 1 atom stereocenters. The van der Waals surface area contributed by atoms with Crippen molar-refractivity contribution in [2.24, 2.45) is 4.99 Å². The van der Waals surface area contributed by atoms with Crippen LogP contribution < -0.4 is 15.4 Å². The van der Waals surface area contributed by atoms with Crippen LogP contribution in [0, 0.1) is 0 Å². The first-order valence-electron chi connectivity index (χ1n) is 8.92. The van der Waals surface area contributed by atoms with Gasteiger partial charge in [0, 0.05) is 26.3 Å². The second-order valence-corrected chi connectivity index (χ2v) is 5.86. The van der Waals surface area contributed by atoms with Crippen molar-refractivity contribution in [2.75, 3.05) is 32.9 Å². The Morgan fingerprint density at radius 2 is 2.22 bits per heavy atom. The van der Waals surface area contributed by atoms with Crippen LogP contribution in [0.5, 0.6) is 5.75 Å². The van der Waals surface area contributed by atoms with Crippen LogP contribution >= 0.6 is 24.0 Å². The molecule has 0 aliphatic carbocycles. The Kier molecular flexibility index (Phi) is 12.3. The molecule has 1 heterocycles. The van der Waals surface area contributed by atoms with Crippen molar-refractivity contribution in [1.82, 2.24) is 10.6 Å². The number of alkyl halides is 2. The van der Waals surface area contributed by atoms with Gasteiger partial charge in [0.05, 0.1) is 19.3 Å². The fraction of sp³-hybridized carbons (Fsp3) is 0.611. The second kappa shape index (κ2) is 13.9. The molecule has 0 spiro atoms. The molecule has 1 unspecified atom stereocenters. The number of nitrogens with zero attached hydrogens (tertiary/aromatic N) is 1. The van der Waals surface area contributed by atoms with Gasteiger partial charge in [-0.05, 0) is 37.5 Å². The third-order valence-electron chi connectivity index (χ3n) is 3.74. The highest BCUT2D eigenvalue weighted by molar-refractivity contribution is 14.0. The molecule has 154 valence electrons. The lowest BCUT2D eigenvalue weighted by Crippen LogP contribution is -2.38. The molecule has 0 saturated carbocycles. The number of ether oxygens (including phenoxy) is 3. The van der Waals surface area contributed by atoms with E-state index in [1.54, 1.807) is 12.1 Å². The minimum absolute atomic E-state index is 0. The molecule has 1 aliphatic heterocycles. The van der Waals surface area contributed by atoms with Crippen molar-refractivity contribution in [3.05, 3.63) is 29.8 Å². The zero-order chi connectivity index (χ0) is 18.6. The quantitative estimate of drug-likeness (QED) is 0.224. The zero-order valence-corrected chi connectivity index (χ0v) is 17.8. The topological polar surface area (TPSA) is 64.1 Å². The second-order valence-electron chi connectivity index (χ2n) is 5.86. The summed E-state index contributed by atoms with van der Waals surface area (Å²) in [5.41, 5.74) is 0.796. The van der Waals surface area contributed by atoms with E-state index in [2.05, 4.69) is 20.4 Å². The van der Waals surface area contributed by atoms with E-state index in [0.717, 1.165) is 38.1 Å². The summed E-state index contributed by atoms with van der Waals surface area (Å²) in [6.07, 6.45) is 2.05. The van der Waals surface area contributed by atoms with Crippen LogP contribution in [-0.4, -0.2) is 51.6 Å². The van der Waals surface area contributed by atoms with E-state index >= 15 is 0 Å². The lowest BCUT2D eigenvalue weighted by molar-refractivity contribution is -0.0498. The van der Waals surface area contributed by atoms with Gasteiger partial charge in [0.25, 0.3) is 0 Å². The highest BCUT2D eigenvalue weighted by Gasteiger charge is 2.15. The molecule has 2 rings (SSSR count). The molecule has 0 aromatic heterocycles. The van der Waals surface area contributed by atoms with Gasteiger partial charge in [-0.25, -0.2) is 4.99 Å². The van der Waals surface area contributed by atoms with Gasteiger partial charge >= 0.3 is 6.61 Å². The van der Waals surface area contributed by atoms with E-state index in [1.165, 1.54) is 6.07 Å². The minimum atomic E-state index is -2.83. The summed E-state index contributed by atoms with van der Waals surface area (Å²) in [7, 11) is 0. The van der Waals surface area contributed by atoms with Crippen LogP contribution in [0.1, 0.15) is 25.3 Å². The zero-order valence-electron chi connectivity index (χ0n) is 15.5. The summed E-state index contributed by atoms with van der Waals surface area (Å²) >= 11 is 0. The number of guanidine groups is 1. The maximum absolute atomic E-state index is 12.3. The van der Waals surface area contributed by atoms with Gasteiger partial charge in [-0.15, -0.1) is 24.0 Å². The molecular weight excluding hydrogens is 471 g/mol. The predicted octanol–water partition coefficient (Wildman–Crippen LogP) is 3.16. The molecule has 1 fully saturated rings. The maximum Gasteiger partial charge on any atom is 0.387 e. The third-order valence-corrected chi connectivity index (χ3v) is 3.74. The highest BCUT2D eigenvalue weighted by Crippen LogP contribution is 2.16. The van der Waals surface area contributed by atoms with Crippen molar-refractivity contribution in [1.29, 1.82) is 0 Å². The molecule has 9 heteroatoms. The third kappa shape index (κ3) is 10.1. The molecule has 1 aromatic carbocycles. The van der Waals surface area contributed by atoms with E-state index in [4.69, 9.17) is 9.47 Å².